The molecule has 0 saturated carbocycles. The van der Waals surface area contributed by atoms with Crippen molar-refractivity contribution in [3.05, 3.63) is 28.6 Å². The average molecular weight is 287 g/mol. The summed E-state index contributed by atoms with van der Waals surface area (Å²) in [5, 5.41) is 3.50. The maximum absolute atomic E-state index is 13.7. The van der Waals surface area contributed by atoms with Crippen molar-refractivity contribution in [1.82, 2.24) is 5.16 Å². The van der Waals surface area contributed by atoms with Crippen molar-refractivity contribution >= 4 is 21.8 Å². The fourth-order valence-electron chi connectivity index (χ4n) is 1.34. The Balaban J connectivity index is 2.59. The summed E-state index contributed by atoms with van der Waals surface area (Å²) in [6, 6.07) is 2.84. The van der Waals surface area contributed by atoms with Gasteiger partial charge in [0, 0.05) is 11.6 Å². The van der Waals surface area contributed by atoms with Gasteiger partial charge in [0.05, 0.1) is 23.3 Å². The second kappa shape index (κ2) is 4.13. The van der Waals surface area contributed by atoms with Crippen molar-refractivity contribution in [3.63, 3.8) is 0 Å². The van der Waals surface area contributed by atoms with E-state index in [9.17, 15) is 4.39 Å². The summed E-state index contributed by atoms with van der Waals surface area (Å²) in [4.78, 5) is 0. The Kier molecular flexibility index (Phi) is 2.82. The highest BCUT2D eigenvalue weighted by atomic mass is 79.9. The van der Waals surface area contributed by atoms with Gasteiger partial charge >= 0.3 is 0 Å². The second-order valence-electron chi connectivity index (χ2n) is 3.07. The molecule has 0 aliphatic heterocycles. The van der Waals surface area contributed by atoms with E-state index in [1.54, 1.807) is 6.07 Å². The molecule has 0 saturated heterocycles. The molecule has 2 rings (SSSR count). The Morgan fingerprint density at radius 1 is 1.44 bits per heavy atom. The minimum absolute atomic E-state index is 0.0796. The van der Waals surface area contributed by atoms with Gasteiger partial charge in [0.25, 0.3) is 0 Å². The van der Waals surface area contributed by atoms with Gasteiger partial charge in [0.15, 0.2) is 0 Å². The summed E-state index contributed by atoms with van der Waals surface area (Å²) in [6.45, 7) is 0. The van der Waals surface area contributed by atoms with Gasteiger partial charge in [-0.25, -0.2) is 4.39 Å². The molecule has 0 aliphatic rings. The highest BCUT2D eigenvalue weighted by Gasteiger charge is 2.15. The molecule has 0 bridgehead atoms. The first-order valence-electron chi connectivity index (χ1n) is 4.37. The number of rotatable bonds is 2. The molecule has 0 unspecified atom stereocenters. The highest BCUT2D eigenvalue weighted by Crippen LogP contribution is 2.35. The monoisotopic (exact) mass is 286 g/mol. The molecule has 4 nitrogen and oxygen atoms in total. The van der Waals surface area contributed by atoms with E-state index in [1.165, 1.54) is 19.4 Å². The van der Waals surface area contributed by atoms with Crippen LogP contribution in [-0.2, 0) is 0 Å². The smallest absolute Gasteiger partial charge is 0.230 e. The third kappa shape index (κ3) is 1.76. The second-order valence-corrected chi connectivity index (χ2v) is 3.92. The van der Waals surface area contributed by atoms with Crippen LogP contribution in [0.15, 0.2) is 27.3 Å². The molecule has 84 valence electrons. The Morgan fingerprint density at radius 2 is 2.19 bits per heavy atom. The lowest BCUT2D eigenvalue weighted by atomic mass is 10.1. The van der Waals surface area contributed by atoms with Gasteiger partial charge in [0.2, 0.25) is 5.88 Å². The number of ether oxygens (including phenoxy) is 1. The normalized spacial score (nSPS) is 10.4. The van der Waals surface area contributed by atoms with Gasteiger partial charge in [-0.05, 0) is 22.0 Å². The van der Waals surface area contributed by atoms with Gasteiger partial charge in [-0.2, -0.15) is 0 Å². The van der Waals surface area contributed by atoms with Crippen LogP contribution in [0.4, 0.5) is 10.3 Å². The van der Waals surface area contributed by atoms with Gasteiger partial charge in [-0.3, -0.25) is 0 Å². The zero-order chi connectivity index (χ0) is 11.7. The molecule has 2 aromatic rings. The molecule has 6 heteroatoms. The van der Waals surface area contributed by atoms with Crippen LogP contribution in [0.1, 0.15) is 0 Å². The maximum Gasteiger partial charge on any atom is 0.230 e. The molecular weight excluding hydrogens is 279 g/mol. The molecule has 0 aliphatic carbocycles. The quantitative estimate of drug-likeness (QED) is 0.922. The number of hydrogen-bond acceptors (Lipinski definition) is 4. The SMILES string of the molecule is COc1cc(F)c(-c2cnoc2N)cc1Br. The van der Waals surface area contributed by atoms with E-state index in [0.29, 0.717) is 21.3 Å². The highest BCUT2D eigenvalue weighted by molar-refractivity contribution is 9.10. The predicted octanol–water partition coefficient (Wildman–Crippen LogP) is 2.83. The zero-order valence-electron chi connectivity index (χ0n) is 8.33. The number of halogens is 2. The molecule has 0 atom stereocenters. The summed E-state index contributed by atoms with van der Waals surface area (Å²) < 4.78 is 24.0. The van der Waals surface area contributed by atoms with Gasteiger partial charge in [0.1, 0.15) is 11.6 Å². The summed E-state index contributed by atoms with van der Waals surface area (Å²) in [5.74, 6) is 0.0437. The molecule has 1 heterocycles. The van der Waals surface area contributed by atoms with Crippen molar-refractivity contribution in [3.8, 4) is 16.9 Å². The van der Waals surface area contributed by atoms with Gasteiger partial charge in [-0.1, -0.05) is 5.16 Å². The Labute approximate surface area is 99.3 Å². The topological polar surface area (TPSA) is 61.3 Å². The summed E-state index contributed by atoms with van der Waals surface area (Å²) in [7, 11) is 1.47. The van der Waals surface area contributed by atoms with Crippen LogP contribution < -0.4 is 10.5 Å². The lowest BCUT2D eigenvalue weighted by Crippen LogP contribution is -1.91. The number of nitrogens with zero attached hydrogens (tertiary/aromatic N) is 1. The van der Waals surface area contributed by atoms with Crippen LogP contribution in [0.3, 0.4) is 0 Å². The van der Waals surface area contributed by atoms with E-state index in [1.807, 2.05) is 0 Å². The lowest BCUT2D eigenvalue weighted by Gasteiger charge is -2.06. The van der Waals surface area contributed by atoms with E-state index < -0.39 is 5.82 Å². The standard InChI is InChI=1S/C10H8BrFN2O2/c1-15-9-3-8(12)5(2-7(9)11)6-4-14-16-10(6)13/h2-4H,13H2,1H3. The summed E-state index contributed by atoms with van der Waals surface area (Å²) in [5.41, 5.74) is 6.25. The molecule has 1 aromatic carbocycles. The largest absolute Gasteiger partial charge is 0.495 e. The van der Waals surface area contributed by atoms with E-state index in [4.69, 9.17) is 10.5 Å². The number of benzene rings is 1. The minimum Gasteiger partial charge on any atom is -0.495 e. The number of hydrogen-bond donors (Lipinski definition) is 1. The number of aromatic nitrogens is 1. The summed E-state index contributed by atoms with van der Waals surface area (Å²) in [6.07, 6.45) is 1.37. The summed E-state index contributed by atoms with van der Waals surface area (Å²) >= 11 is 3.27. The van der Waals surface area contributed by atoms with E-state index in [-0.39, 0.29) is 5.88 Å². The fraction of sp³-hybridized carbons (Fsp3) is 0.100. The predicted molar refractivity (Wildman–Crippen MR) is 60.6 cm³/mol. The fourth-order valence-corrected chi connectivity index (χ4v) is 1.85. The van der Waals surface area contributed by atoms with Crippen LogP contribution in [-0.4, -0.2) is 12.3 Å². The van der Waals surface area contributed by atoms with Crippen molar-refractivity contribution in [2.75, 3.05) is 12.8 Å². The first-order chi connectivity index (χ1) is 7.63. The Bertz CT molecular complexity index is 528. The van der Waals surface area contributed by atoms with Crippen molar-refractivity contribution < 1.29 is 13.7 Å². The zero-order valence-corrected chi connectivity index (χ0v) is 9.92. The van der Waals surface area contributed by atoms with Crippen LogP contribution in [0.2, 0.25) is 0 Å². The molecule has 1 aromatic heterocycles. The molecular formula is C10H8BrFN2O2. The molecule has 2 N–H and O–H groups in total. The Morgan fingerprint density at radius 3 is 2.75 bits per heavy atom. The maximum atomic E-state index is 13.7. The first kappa shape index (κ1) is 10.9. The number of methoxy groups -OCH3 is 1. The minimum atomic E-state index is -0.449. The molecule has 0 fully saturated rings. The van der Waals surface area contributed by atoms with Crippen LogP contribution in [0, 0.1) is 5.82 Å². The van der Waals surface area contributed by atoms with Gasteiger partial charge < -0.3 is 15.0 Å². The van der Waals surface area contributed by atoms with E-state index in [0.717, 1.165) is 0 Å². The van der Waals surface area contributed by atoms with E-state index in [2.05, 4.69) is 25.6 Å². The lowest BCUT2D eigenvalue weighted by molar-refractivity contribution is 0.409. The molecule has 0 amide bonds. The van der Waals surface area contributed by atoms with Crippen molar-refractivity contribution in [1.29, 1.82) is 0 Å². The molecule has 0 radical (unpaired) electrons. The van der Waals surface area contributed by atoms with Crippen LogP contribution >= 0.6 is 15.9 Å². The van der Waals surface area contributed by atoms with Gasteiger partial charge in [-0.15, -0.1) is 0 Å². The Hall–Kier alpha value is -1.56. The third-order valence-corrected chi connectivity index (χ3v) is 2.75. The van der Waals surface area contributed by atoms with Crippen molar-refractivity contribution in [2.45, 2.75) is 0 Å². The third-order valence-electron chi connectivity index (χ3n) is 2.13. The number of nitrogens with two attached hydrogens (primary N) is 1. The molecule has 16 heavy (non-hydrogen) atoms. The first-order valence-corrected chi connectivity index (χ1v) is 5.16. The van der Waals surface area contributed by atoms with Crippen LogP contribution in [0.5, 0.6) is 5.75 Å². The van der Waals surface area contributed by atoms with Crippen LogP contribution in [0.25, 0.3) is 11.1 Å². The van der Waals surface area contributed by atoms with E-state index >= 15 is 0 Å². The number of nitrogen functional groups attached to an aromatic ring is 1. The number of anilines is 1. The molecule has 0 spiro atoms. The van der Waals surface area contributed by atoms with Crippen molar-refractivity contribution in [2.24, 2.45) is 0 Å². The average Bonchev–Trinajstić information content (AvgIpc) is 2.67.